The van der Waals surface area contributed by atoms with E-state index in [4.69, 9.17) is 20.8 Å². The number of hydrogen-bond donors (Lipinski definition) is 1. The number of amides is 1. The first kappa shape index (κ1) is 15.7. The van der Waals surface area contributed by atoms with E-state index in [0.717, 1.165) is 16.9 Å². The van der Waals surface area contributed by atoms with Crippen LogP contribution in [0.1, 0.15) is 5.56 Å². The van der Waals surface area contributed by atoms with Crippen LogP contribution in [0.25, 0.3) is 11.3 Å². The number of rotatable bonds is 3. The molecule has 0 saturated carbocycles. The van der Waals surface area contributed by atoms with Crippen LogP contribution < -0.4 is 10.1 Å². The molecule has 0 saturated heterocycles. The van der Waals surface area contributed by atoms with Crippen LogP contribution in [0.5, 0.6) is 5.75 Å². The Bertz CT molecular complexity index is 909. The van der Waals surface area contributed by atoms with Gasteiger partial charge < -0.3 is 14.5 Å². The molecule has 1 aromatic heterocycles. The lowest BCUT2D eigenvalue weighted by Gasteiger charge is -2.24. The highest BCUT2D eigenvalue weighted by molar-refractivity contribution is 6.33. The SMILES string of the molecule is O=C(Nc1ccc(-c2cnco2)c(Cl)c1)[C@H]1COc2ccccc2C1. The van der Waals surface area contributed by atoms with Gasteiger partial charge in [-0.2, -0.15) is 0 Å². The average Bonchev–Trinajstić information content (AvgIpc) is 3.15. The van der Waals surface area contributed by atoms with Gasteiger partial charge in [0.1, 0.15) is 12.4 Å². The van der Waals surface area contributed by atoms with Gasteiger partial charge >= 0.3 is 0 Å². The number of oxazole rings is 1. The molecule has 1 atom stereocenters. The molecule has 4 rings (SSSR count). The number of anilines is 1. The maximum absolute atomic E-state index is 12.5. The van der Waals surface area contributed by atoms with E-state index in [2.05, 4.69) is 10.3 Å². The third-order valence-corrected chi connectivity index (χ3v) is 4.50. The average molecular weight is 355 g/mol. The summed E-state index contributed by atoms with van der Waals surface area (Å²) in [5.74, 6) is 1.12. The molecule has 0 spiro atoms. The fourth-order valence-corrected chi connectivity index (χ4v) is 3.16. The summed E-state index contributed by atoms with van der Waals surface area (Å²) in [6.45, 7) is 0.368. The fraction of sp³-hybridized carbons (Fsp3) is 0.158. The number of aromatic nitrogens is 1. The zero-order chi connectivity index (χ0) is 17.2. The Labute approximate surface area is 149 Å². The predicted molar refractivity (Wildman–Crippen MR) is 94.7 cm³/mol. The Hall–Kier alpha value is -2.79. The summed E-state index contributed by atoms with van der Waals surface area (Å²) in [6, 6.07) is 13.1. The number of hydrogen-bond acceptors (Lipinski definition) is 4. The highest BCUT2D eigenvalue weighted by Gasteiger charge is 2.26. The number of benzene rings is 2. The first-order chi connectivity index (χ1) is 12.2. The van der Waals surface area contributed by atoms with E-state index in [0.29, 0.717) is 29.5 Å². The predicted octanol–water partition coefficient (Wildman–Crippen LogP) is 4.18. The minimum absolute atomic E-state index is 0.0852. The molecule has 1 N–H and O–H groups in total. The molecular weight excluding hydrogens is 340 g/mol. The van der Waals surface area contributed by atoms with Gasteiger partial charge in [0, 0.05) is 11.3 Å². The maximum atomic E-state index is 12.5. The summed E-state index contributed by atoms with van der Waals surface area (Å²) < 4.78 is 10.9. The number of nitrogens with one attached hydrogen (secondary N) is 1. The summed E-state index contributed by atoms with van der Waals surface area (Å²) in [4.78, 5) is 16.4. The highest BCUT2D eigenvalue weighted by Crippen LogP contribution is 2.31. The maximum Gasteiger partial charge on any atom is 0.231 e. The van der Waals surface area contributed by atoms with Crippen LogP contribution in [0, 0.1) is 5.92 Å². The topological polar surface area (TPSA) is 64.4 Å². The second kappa shape index (κ2) is 6.61. The minimum atomic E-state index is -0.234. The number of carbonyl (C=O) groups excluding carboxylic acids is 1. The van der Waals surface area contributed by atoms with Crippen molar-refractivity contribution < 1.29 is 13.9 Å². The number of fused-ring (bicyclic) bond motifs is 1. The lowest BCUT2D eigenvalue weighted by atomic mass is 9.96. The largest absolute Gasteiger partial charge is 0.492 e. The van der Waals surface area contributed by atoms with Gasteiger partial charge in [0.05, 0.1) is 17.1 Å². The van der Waals surface area contributed by atoms with Gasteiger partial charge in [-0.05, 0) is 36.2 Å². The summed E-state index contributed by atoms with van der Waals surface area (Å²) >= 11 is 6.29. The number of carbonyl (C=O) groups is 1. The summed E-state index contributed by atoms with van der Waals surface area (Å²) in [6.07, 6.45) is 3.60. The third kappa shape index (κ3) is 3.23. The van der Waals surface area contributed by atoms with E-state index in [1.165, 1.54) is 6.39 Å². The van der Waals surface area contributed by atoms with Gasteiger partial charge in [0.15, 0.2) is 12.2 Å². The molecule has 0 aliphatic carbocycles. The molecule has 5 nitrogen and oxygen atoms in total. The van der Waals surface area contributed by atoms with Crippen molar-refractivity contribution in [3.05, 3.63) is 65.6 Å². The van der Waals surface area contributed by atoms with Crippen LogP contribution in [0.4, 0.5) is 5.69 Å². The van der Waals surface area contributed by atoms with Crippen LogP contribution in [0.15, 0.2) is 59.5 Å². The minimum Gasteiger partial charge on any atom is -0.492 e. The Morgan fingerprint density at radius 2 is 2.12 bits per heavy atom. The van der Waals surface area contributed by atoms with Crippen molar-refractivity contribution in [2.75, 3.05) is 11.9 Å². The summed E-state index contributed by atoms with van der Waals surface area (Å²) in [5.41, 5.74) is 2.41. The normalized spacial score (nSPS) is 16.0. The fourth-order valence-electron chi connectivity index (χ4n) is 2.88. The highest BCUT2D eigenvalue weighted by atomic mass is 35.5. The van der Waals surface area contributed by atoms with Gasteiger partial charge in [0.25, 0.3) is 0 Å². The number of ether oxygens (including phenoxy) is 1. The third-order valence-electron chi connectivity index (χ3n) is 4.18. The molecule has 0 radical (unpaired) electrons. The smallest absolute Gasteiger partial charge is 0.231 e. The standard InChI is InChI=1S/C19H15ClN2O3/c20-16-8-14(5-6-15(16)18-9-21-11-25-18)22-19(23)13-7-12-3-1-2-4-17(12)24-10-13/h1-6,8-9,11,13H,7,10H2,(H,22,23)/t13-/m1/s1. The molecule has 1 aliphatic rings. The molecule has 0 bridgehead atoms. The number of nitrogens with zero attached hydrogens (tertiary/aromatic N) is 1. The molecule has 126 valence electrons. The van der Waals surface area contributed by atoms with Crippen LogP contribution in [0.3, 0.4) is 0 Å². The van der Waals surface area contributed by atoms with Gasteiger partial charge in [-0.25, -0.2) is 4.98 Å². The molecule has 1 amide bonds. The first-order valence-electron chi connectivity index (χ1n) is 7.90. The van der Waals surface area contributed by atoms with Gasteiger partial charge in [-0.3, -0.25) is 4.79 Å². The molecule has 0 unspecified atom stereocenters. The van der Waals surface area contributed by atoms with Crippen molar-refractivity contribution in [2.45, 2.75) is 6.42 Å². The van der Waals surface area contributed by atoms with Gasteiger partial charge in [-0.15, -0.1) is 0 Å². The van der Waals surface area contributed by atoms with E-state index in [9.17, 15) is 4.79 Å². The van der Waals surface area contributed by atoms with Crippen LogP contribution in [-0.4, -0.2) is 17.5 Å². The van der Waals surface area contributed by atoms with Crippen LogP contribution >= 0.6 is 11.6 Å². The molecule has 0 fully saturated rings. The number of halogens is 1. The second-order valence-electron chi connectivity index (χ2n) is 5.87. The van der Waals surface area contributed by atoms with Crippen molar-refractivity contribution in [3.8, 4) is 17.1 Å². The van der Waals surface area contributed by atoms with E-state index < -0.39 is 0 Å². The van der Waals surface area contributed by atoms with Crippen molar-refractivity contribution in [1.82, 2.24) is 4.98 Å². The lowest BCUT2D eigenvalue weighted by Crippen LogP contribution is -2.32. The Balaban J connectivity index is 1.47. The Morgan fingerprint density at radius 1 is 1.24 bits per heavy atom. The zero-order valence-corrected chi connectivity index (χ0v) is 14.0. The van der Waals surface area contributed by atoms with E-state index >= 15 is 0 Å². The first-order valence-corrected chi connectivity index (χ1v) is 8.28. The molecule has 1 aliphatic heterocycles. The Morgan fingerprint density at radius 3 is 2.92 bits per heavy atom. The van der Waals surface area contributed by atoms with Crippen molar-refractivity contribution in [2.24, 2.45) is 5.92 Å². The van der Waals surface area contributed by atoms with Crippen molar-refractivity contribution >= 4 is 23.2 Å². The van der Waals surface area contributed by atoms with Crippen molar-refractivity contribution in [3.63, 3.8) is 0 Å². The van der Waals surface area contributed by atoms with Crippen LogP contribution in [0.2, 0.25) is 5.02 Å². The van der Waals surface area contributed by atoms with E-state index in [-0.39, 0.29) is 11.8 Å². The van der Waals surface area contributed by atoms with Crippen LogP contribution in [-0.2, 0) is 11.2 Å². The van der Waals surface area contributed by atoms with Gasteiger partial charge in [0.2, 0.25) is 5.91 Å². The van der Waals surface area contributed by atoms with E-state index in [1.807, 2.05) is 24.3 Å². The zero-order valence-electron chi connectivity index (χ0n) is 13.2. The molecule has 2 heterocycles. The Kier molecular flexibility index (Phi) is 4.15. The summed E-state index contributed by atoms with van der Waals surface area (Å²) in [7, 11) is 0. The lowest BCUT2D eigenvalue weighted by molar-refractivity contribution is -0.121. The monoisotopic (exact) mass is 354 g/mol. The van der Waals surface area contributed by atoms with E-state index in [1.54, 1.807) is 24.4 Å². The molecule has 2 aromatic carbocycles. The second-order valence-corrected chi connectivity index (χ2v) is 6.28. The molecule has 25 heavy (non-hydrogen) atoms. The quantitative estimate of drug-likeness (QED) is 0.766. The molecular formula is C19H15ClN2O3. The molecule has 3 aromatic rings. The molecule has 6 heteroatoms. The van der Waals surface area contributed by atoms with Crippen molar-refractivity contribution in [1.29, 1.82) is 0 Å². The number of para-hydroxylation sites is 1. The summed E-state index contributed by atoms with van der Waals surface area (Å²) in [5, 5.41) is 3.39. The van der Waals surface area contributed by atoms with Gasteiger partial charge in [-0.1, -0.05) is 29.8 Å².